The number of hydrogen-bond donors (Lipinski definition) is 0. The Bertz CT molecular complexity index is 1180. The number of halogens is 3. The number of esters is 1. The molecular weight excluding hydrogens is 419 g/mol. The second kappa shape index (κ2) is 9.52. The molecule has 0 saturated heterocycles. The zero-order chi connectivity index (χ0) is 23.3. The van der Waals surface area contributed by atoms with Crippen LogP contribution in [-0.4, -0.2) is 29.6 Å². The molecule has 0 fully saturated rings. The number of hydrogen-bond acceptors (Lipinski definition) is 5. The first-order valence-electron chi connectivity index (χ1n) is 9.71. The minimum absolute atomic E-state index is 0.293. The van der Waals surface area contributed by atoms with Crippen LogP contribution < -0.4 is 4.90 Å². The Labute approximate surface area is 183 Å². The fraction of sp³-hybridized carbons (Fsp3) is 0.208. The summed E-state index contributed by atoms with van der Waals surface area (Å²) < 4.78 is 43.2. The van der Waals surface area contributed by atoms with Crippen LogP contribution in [0.5, 0.6) is 0 Å². The van der Waals surface area contributed by atoms with Crippen molar-refractivity contribution in [2.45, 2.75) is 20.0 Å². The molecule has 0 aliphatic carbocycles. The normalized spacial score (nSPS) is 10.8. The van der Waals surface area contributed by atoms with Gasteiger partial charge in [0.15, 0.2) is 5.82 Å². The molecule has 0 amide bonds. The summed E-state index contributed by atoms with van der Waals surface area (Å²) in [5.74, 6) is 5.91. The van der Waals surface area contributed by atoms with Gasteiger partial charge in [0.2, 0.25) is 0 Å². The second-order valence-corrected chi connectivity index (χ2v) is 6.86. The minimum atomic E-state index is -4.39. The highest BCUT2D eigenvalue weighted by molar-refractivity contribution is 5.91. The van der Waals surface area contributed by atoms with E-state index in [1.54, 1.807) is 31.0 Å². The third-order valence-corrected chi connectivity index (χ3v) is 4.66. The SMILES string of the molecule is CCOC(=O)c1ccc(N(C)c2ncncc2C#Cc2ccc(C(F)(F)F)cc2)cc1C. The number of nitrogens with zero attached hydrogens (tertiary/aromatic N) is 3. The molecule has 2 aromatic carbocycles. The summed E-state index contributed by atoms with van der Waals surface area (Å²) in [5, 5.41) is 0. The van der Waals surface area contributed by atoms with Crippen molar-refractivity contribution in [2.24, 2.45) is 0 Å². The molecule has 1 heterocycles. The summed E-state index contributed by atoms with van der Waals surface area (Å²) in [4.78, 5) is 22.1. The van der Waals surface area contributed by atoms with Crippen molar-refractivity contribution in [2.75, 3.05) is 18.6 Å². The number of rotatable bonds is 4. The molecule has 3 rings (SSSR count). The third kappa shape index (κ3) is 5.24. The zero-order valence-corrected chi connectivity index (χ0v) is 17.7. The minimum Gasteiger partial charge on any atom is -0.462 e. The molecule has 0 unspecified atom stereocenters. The fourth-order valence-corrected chi connectivity index (χ4v) is 2.98. The van der Waals surface area contributed by atoms with Crippen LogP contribution in [0.25, 0.3) is 0 Å². The van der Waals surface area contributed by atoms with Gasteiger partial charge in [-0.05, 0) is 61.9 Å². The van der Waals surface area contributed by atoms with Crippen molar-refractivity contribution in [1.29, 1.82) is 0 Å². The van der Waals surface area contributed by atoms with Crippen molar-refractivity contribution in [3.8, 4) is 11.8 Å². The number of carbonyl (C=O) groups is 1. The molecule has 3 aromatic rings. The van der Waals surface area contributed by atoms with E-state index in [-0.39, 0.29) is 5.97 Å². The highest BCUT2D eigenvalue weighted by Crippen LogP contribution is 2.29. The number of aromatic nitrogens is 2. The largest absolute Gasteiger partial charge is 0.462 e. The summed E-state index contributed by atoms with van der Waals surface area (Å²) in [5.41, 5.74) is 2.21. The molecule has 0 aliphatic rings. The van der Waals surface area contributed by atoms with Crippen LogP contribution in [0, 0.1) is 18.8 Å². The van der Waals surface area contributed by atoms with Gasteiger partial charge in [0.1, 0.15) is 6.33 Å². The average molecular weight is 439 g/mol. The van der Waals surface area contributed by atoms with Gasteiger partial charge in [-0.25, -0.2) is 14.8 Å². The van der Waals surface area contributed by atoms with Gasteiger partial charge in [0.25, 0.3) is 0 Å². The summed E-state index contributed by atoms with van der Waals surface area (Å²) in [6, 6.07) is 9.92. The molecule has 1 aromatic heterocycles. The van der Waals surface area contributed by atoms with E-state index in [9.17, 15) is 18.0 Å². The van der Waals surface area contributed by atoms with Crippen LogP contribution in [0.1, 0.15) is 39.5 Å². The molecule has 0 aliphatic heterocycles. The number of anilines is 2. The van der Waals surface area contributed by atoms with E-state index in [4.69, 9.17) is 4.74 Å². The van der Waals surface area contributed by atoms with Gasteiger partial charge in [-0.2, -0.15) is 13.2 Å². The van der Waals surface area contributed by atoms with E-state index < -0.39 is 11.7 Å². The standard InChI is InChI=1S/C24H20F3N3O2/c1-4-32-23(31)21-12-11-20(13-16(21)2)30(3)22-18(14-28-15-29-22)8-5-17-6-9-19(10-7-17)24(25,26)27/h6-7,9-15H,4H2,1-3H3. The Morgan fingerprint density at radius 2 is 1.84 bits per heavy atom. The maximum Gasteiger partial charge on any atom is 0.416 e. The van der Waals surface area contributed by atoms with Crippen molar-refractivity contribution < 1.29 is 22.7 Å². The van der Waals surface area contributed by atoms with E-state index in [2.05, 4.69) is 21.8 Å². The van der Waals surface area contributed by atoms with Crippen molar-refractivity contribution in [3.05, 3.63) is 82.8 Å². The van der Waals surface area contributed by atoms with Gasteiger partial charge in [0.05, 0.1) is 23.3 Å². The lowest BCUT2D eigenvalue weighted by Gasteiger charge is -2.20. The van der Waals surface area contributed by atoms with E-state index >= 15 is 0 Å². The summed E-state index contributed by atoms with van der Waals surface area (Å²) in [7, 11) is 1.80. The quantitative estimate of drug-likeness (QED) is 0.416. The summed E-state index contributed by atoms with van der Waals surface area (Å²) in [6.07, 6.45) is -1.47. The van der Waals surface area contributed by atoms with Gasteiger partial charge in [0, 0.05) is 24.5 Å². The number of carbonyl (C=O) groups excluding carboxylic acids is 1. The first-order valence-corrected chi connectivity index (χ1v) is 9.71. The first-order chi connectivity index (χ1) is 15.2. The zero-order valence-electron chi connectivity index (χ0n) is 17.7. The average Bonchev–Trinajstić information content (AvgIpc) is 2.77. The Morgan fingerprint density at radius 1 is 1.12 bits per heavy atom. The van der Waals surface area contributed by atoms with E-state index in [0.29, 0.717) is 29.1 Å². The van der Waals surface area contributed by atoms with Gasteiger partial charge in [-0.15, -0.1) is 0 Å². The maximum atomic E-state index is 12.7. The molecule has 164 valence electrons. The molecular formula is C24H20F3N3O2. The van der Waals surface area contributed by atoms with Crippen LogP contribution in [0.15, 0.2) is 55.0 Å². The van der Waals surface area contributed by atoms with Gasteiger partial charge >= 0.3 is 12.1 Å². The Balaban J connectivity index is 1.88. The van der Waals surface area contributed by atoms with Crippen LogP contribution >= 0.6 is 0 Å². The fourth-order valence-electron chi connectivity index (χ4n) is 2.98. The highest BCUT2D eigenvalue weighted by Gasteiger charge is 2.29. The Morgan fingerprint density at radius 3 is 2.47 bits per heavy atom. The van der Waals surface area contributed by atoms with E-state index in [1.807, 2.05) is 13.0 Å². The molecule has 0 atom stereocenters. The monoisotopic (exact) mass is 439 g/mol. The smallest absolute Gasteiger partial charge is 0.416 e. The van der Waals surface area contributed by atoms with E-state index in [0.717, 1.165) is 23.4 Å². The lowest BCUT2D eigenvalue weighted by Crippen LogP contribution is -2.14. The number of alkyl halides is 3. The van der Waals surface area contributed by atoms with Crippen molar-refractivity contribution in [3.63, 3.8) is 0 Å². The number of benzene rings is 2. The van der Waals surface area contributed by atoms with E-state index in [1.165, 1.54) is 24.7 Å². The molecule has 0 spiro atoms. The Hall–Kier alpha value is -3.86. The highest BCUT2D eigenvalue weighted by atomic mass is 19.4. The maximum absolute atomic E-state index is 12.7. The predicted octanol–water partition coefficient (Wildman–Crippen LogP) is 5.15. The van der Waals surface area contributed by atoms with Crippen molar-refractivity contribution in [1.82, 2.24) is 9.97 Å². The van der Waals surface area contributed by atoms with Gasteiger partial charge < -0.3 is 9.64 Å². The van der Waals surface area contributed by atoms with Crippen LogP contribution in [0.4, 0.5) is 24.7 Å². The summed E-state index contributed by atoms with van der Waals surface area (Å²) >= 11 is 0. The number of aryl methyl sites for hydroxylation is 1. The molecule has 32 heavy (non-hydrogen) atoms. The lowest BCUT2D eigenvalue weighted by atomic mass is 10.1. The van der Waals surface area contributed by atoms with Crippen LogP contribution in [0.3, 0.4) is 0 Å². The molecule has 8 heteroatoms. The first kappa shape index (κ1) is 22.8. The van der Waals surface area contributed by atoms with Gasteiger partial charge in [-0.1, -0.05) is 11.8 Å². The second-order valence-electron chi connectivity index (χ2n) is 6.86. The Kier molecular flexibility index (Phi) is 6.79. The summed E-state index contributed by atoms with van der Waals surface area (Å²) in [6.45, 7) is 3.86. The third-order valence-electron chi connectivity index (χ3n) is 4.66. The van der Waals surface area contributed by atoms with Crippen molar-refractivity contribution >= 4 is 17.5 Å². The molecule has 0 saturated carbocycles. The topological polar surface area (TPSA) is 55.3 Å². The lowest BCUT2D eigenvalue weighted by molar-refractivity contribution is -0.137. The molecule has 0 bridgehead atoms. The molecule has 0 radical (unpaired) electrons. The number of ether oxygens (including phenoxy) is 1. The van der Waals surface area contributed by atoms with Gasteiger partial charge in [-0.3, -0.25) is 0 Å². The molecule has 0 N–H and O–H groups in total. The molecule has 5 nitrogen and oxygen atoms in total. The van der Waals surface area contributed by atoms with Crippen LogP contribution in [0.2, 0.25) is 0 Å². The predicted molar refractivity (Wildman–Crippen MR) is 115 cm³/mol. The van der Waals surface area contributed by atoms with Crippen LogP contribution in [-0.2, 0) is 10.9 Å².